The first-order valence-electron chi connectivity index (χ1n) is 2.41. The van der Waals surface area contributed by atoms with E-state index in [-0.39, 0.29) is 20.4 Å². The molecule has 11 heteroatoms. The van der Waals surface area contributed by atoms with Crippen molar-refractivity contribution in [1.29, 1.82) is 0 Å². The van der Waals surface area contributed by atoms with Gasteiger partial charge in [-0.2, -0.15) is 0 Å². The van der Waals surface area contributed by atoms with Crippen molar-refractivity contribution in [2.75, 3.05) is 13.1 Å². The molecule has 0 radical (unpaired) electrons. The molecule has 0 fully saturated rings. The van der Waals surface area contributed by atoms with Gasteiger partial charge in [-0.15, -0.1) is 0 Å². The van der Waals surface area contributed by atoms with E-state index >= 15 is 0 Å². The Kier molecular flexibility index (Phi) is 39.2. The van der Waals surface area contributed by atoms with E-state index in [1.165, 1.54) is 0 Å². The predicted octanol–water partition coefficient (Wildman–Crippen LogP) is -1.58. The maximum Gasteiger partial charge on any atom is 2.00 e. The first-order valence-corrected chi connectivity index (χ1v) is 2.41. The minimum atomic E-state index is -1.75. The molecule has 0 amide bonds. The fourth-order valence-electron chi connectivity index (χ4n) is 0. The molecular weight excluding hydrogens is 282 g/mol. The maximum absolute atomic E-state index is 8.25. The van der Waals surface area contributed by atoms with E-state index in [1.54, 1.807) is 0 Å². The van der Waals surface area contributed by atoms with Crippen molar-refractivity contribution < 1.29 is 30.6 Å². The Hall–Kier alpha value is -1.02. The minimum absolute atomic E-state index is 0. The van der Waals surface area contributed by atoms with E-state index in [9.17, 15) is 0 Å². The van der Waals surface area contributed by atoms with Crippen LogP contribution in [0.4, 0.5) is 0 Å². The summed E-state index contributed by atoms with van der Waals surface area (Å²) < 4.78 is 0. The van der Waals surface area contributed by atoms with Gasteiger partial charge in [-0.25, -0.2) is 0 Å². The fraction of sp³-hybridized carbons (Fsp3) is 1.00. The normalized spacial score (nSPS) is 6.00. The monoisotopic (exact) mass is 290 g/mol. The van der Waals surface area contributed by atoms with Crippen molar-refractivity contribution in [3.63, 3.8) is 0 Å². The molecule has 0 aliphatic heterocycles. The molecule has 0 saturated carbocycles. The summed E-state index contributed by atoms with van der Waals surface area (Å²) in [5.74, 6) is 0. The van der Waals surface area contributed by atoms with E-state index in [4.69, 9.17) is 42.1 Å². The Bertz CT molecular complexity index is 99.2. The van der Waals surface area contributed by atoms with E-state index in [0.29, 0.717) is 13.1 Å². The van der Waals surface area contributed by atoms with Crippen LogP contribution in [0.25, 0.3) is 0 Å². The third kappa shape index (κ3) is 2840000. The van der Waals surface area contributed by atoms with Gasteiger partial charge in [-0.3, -0.25) is 0 Å². The van der Waals surface area contributed by atoms with Crippen LogP contribution in [-0.2, 0) is 20.4 Å². The zero-order chi connectivity index (χ0) is 10.6. The average Bonchev–Trinajstić information content (AvgIpc) is 1.85. The topological polar surface area (TPSA) is 184 Å². The molecule has 0 atom stereocenters. The maximum atomic E-state index is 8.25. The van der Waals surface area contributed by atoms with Gasteiger partial charge in [0.15, 0.2) is 0 Å². The smallest absolute Gasteiger partial charge is 0.356 e. The van der Waals surface area contributed by atoms with Gasteiger partial charge in [-0.1, -0.05) is 0 Å². The van der Waals surface area contributed by atoms with Gasteiger partial charge in [0.25, 0.3) is 0 Å². The van der Waals surface area contributed by atoms with Crippen LogP contribution < -0.4 is 11.5 Å². The van der Waals surface area contributed by atoms with Crippen LogP contribution in [0.3, 0.4) is 0 Å². The second-order valence-electron chi connectivity index (χ2n) is 1.02. The van der Waals surface area contributed by atoms with Crippen LogP contribution in [-0.4, -0.2) is 23.3 Å². The molecule has 0 aromatic rings. The predicted molar refractivity (Wildman–Crippen MR) is 38.8 cm³/mol. The average molecular weight is 291 g/mol. The minimum Gasteiger partial charge on any atom is -0.356 e. The molecule has 0 aromatic heterocycles. The first-order chi connectivity index (χ1) is 5.38. The zero-order valence-corrected chi connectivity index (χ0v) is 7.78. The molecule has 82 valence electrons. The van der Waals surface area contributed by atoms with E-state index < -0.39 is 10.2 Å². The van der Waals surface area contributed by atoms with Crippen LogP contribution in [0.2, 0.25) is 0 Å². The Balaban J connectivity index is -0.0000000450. The molecule has 13 heavy (non-hydrogen) atoms. The molecule has 4 N–H and O–H groups in total. The molecule has 0 saturated heterocycles. The number of hydrogen-bond acceptors (Lipinski definition) is 8. The molecule has 0 heterocycles. The zero-order valence-electron chi connectivity index (χ0n) is 6.23. The third-order valence-corrected chi connectivity index (χ3v) is 0.167. The molecule has 0 bridgehead atoms. The molecule has 0 aliphatic rings. The molecule has 0 rings (SSSR count). The summed E-state index contributed by atoms with van der Waals surface area (Å²) in [6, 6.07) is 0. The number of rotatable bonds is 1. The van der Waals surface area contributed by atoms with Gasteiger partial charge in [0.2, 0.25) is 0 Å². The van der Waals surface area contributed by atoms with Crippen molar-refractivity contribution in [2.24, 2.45) is 11.5 Å². The Labute approximate surface area is 86.4 Å². The number of nitrogens with two attached hydrogens (primary N) is 2. The summed E-state index contributed by atoms with van der Waals surface area (Å²) in [7, 11) is 0. The summed E-state index contributed by atoms with van der Waals surface area (Å²) in [4.78, 5) is 16.5. The van der Waals surface area contributed by atoms with Crippen LogP contribution in [0.5, 0.6) is 0 Å². The van der Waals surface area contributed by atoms with Crippen molar-refractivity contribution in [3.8, 4) is 0 Å². The van der Waals surface area contributed by atoms with Crippen LogP contribution in [0.1, 0.15) is 0 Å². The summed E-state index contributed by atoms with van der Waals surface area (Å²) >= 11 is 0. The molecular formula is C2H8N4O6Pd. The third-order valence-electron chi connectivity index (χ3n) is 0.167. The Morgan fingerprint density at radius 3 is 0.923 bits per heavy atom. The quantitative estimate of drug-likeness (QED) is 0.329. The molecule has 10 nitrogen and oxygen atoms in total. The van der Waals surface area contributed by atoms with Crippen molar-refractivity contribution in [3.05, 3.63) is 30.6 Å². The molecule has 0 spiro atoms. The standard InChI is InChI=1S/C2H8N2.2NO3.Pd/c3-1-2-4;2*2-1(3)4;/h1-4H2;;;/q;2*-1;+2. The van der Waals surface area contributed by atoms with Crippen molar-refractivity contribution in [1.82, 2.24) is 0 Å². The molecule has 0 unspecified atom stereocenters. The number of hydrogen-bond donors (Lipinski definition) is 2. The second-order valence-corrected chi connectivity index (χ2v) is 1.02. The first kappa shape index (κ1) is 22.7. The summed E-state index contributed by atoms with van der Waals surface area (Å²) in [6.07, 6.45) is 0. The largest absolute Gasteiger partial charge is 2.00 e. The van der Waals surface area contributed by atoms with Crippen molar-refractivity contribution in [2.45, 2.75) is 0 Å². The summed E-state index contributed by atoms with van der Waals surface area (Å²) in [5.41, 5.74) is 9.81. The van der Waals surface area contributed by atoms with Gasteiger partial charge in [0.1, 0.15) is 0 Å². The van der Waals surface area contributed by atoms with E-state index in [2.05, 4.69) is 0 Å². The fourth-order valence-corrected chi connectivity index (χ4v) is 0. The summed E-state index contributed by atoms with van der Waals surface area (Å²) in [6.45, 7) is 1.19. The van der Waals surface area contributed by atoms with Crippen LogP contribution in [0, 0.1) is 30.6 Å². The van der Waals surface area contributed by atoms with Crippen molar-refractivity contribution >= 4 is 0 Å². The van der Waals surface area contributed by atoms with E-state index in [0.717, 1.165) is 0 Å². The molecule has 0 aromatic carbocycles. The SMILES string of the molecule is NCCN.O=[N+]([O-])[O-].O=[N+]([O-])[O-].[Pd+2]. The van der Waals surface area contributed by atoms with Gasteiger partial charge in [0, 0.05) is 13.1 Å². The van der Waals surface area contributed by atoms with Gasteiger partial charge in [0.05, 0.1) is 10.2 Å². The number of nitrogens with zero attached hydrogens (tertiary/aromatic N) is 2. The van der Waals surface area contributed by atoms with Crippen LogP contribution >= 0.6 is 0 Å². The van der Waals surface area contributed by atoms with Crippen LogP contribution in [0.15, 0.2) is 0 Å². The Morgan fingerprint density at radius 1 is 0.846 bits per heavy atom. The Morgan fingerprint density at radius 2 is 0.923 bits per heavy atom. The summed E-state index contributed by atoms with van der Waals surface area (Å²) in [5, 5.41) is 29.5. The molecule has 0 aliphatic carbocycles. The van der Waals surface area contributed by atoms with E-state index in [1.807, 2.05) is 0 Å². The second kappa shape index (κ2) is 22.4. The van der Waals surface area contributed by atoms with Gasteiger partial charge in [-0.05, 0) is 0 Å². The van der Waals surface area contributed by atoms with Gasteiger partial charge >= 0.3 is 20.4 Å². The van der Waals surface area contributed by atoms with Gasteiger partial charge < -0.3 is 42.1 Å².